The van der Waals surface area contributed by atoms with E-state index in [0.29, 0.717) is 18.4 Å². The molecule has 3 nitrogen and oxygen atoms in total. The summed E-state index contributed by atoms with van der Waals surface area (Å²) in [4.78, 5) is 11.2. The van der Waals surface area contributed by atoms with E-state index < -0.39 is 12.0 Å². The summed E-state index contributed by atoms with van der Waals surface area (Å²) < 4.78 is 0. The van der Waals surface area contributed by atoms with Crippen LogP contribution in [-0.4, -0.2) is 23.7 Å². The first-order valence-corrected chi connectivity index (χ1v) is 7.43. The number of rotatable bonds is 8. The number of benzene rings is 1. The molecule has 3 heteroatoms. The molecule has 1 rings (SSSR count). The lowest BCUT2D eigenvalue weighted by Gasteiger charge is -2.24. The van der Waals surface area contributed by atoms with Gasteiger partial charge in [0.1, 0.15) is 6.04 Å². The second kappa shape index (κ2) is 8.05. The van der Waals surface area contributed by atoms with Crippen LogP contribution in [0.15, 0.2) is 30.3 Å². The Labute approximate surface area is 122 Å². The average Bonchev–Trinajstić information content (AvgIpc) is 2.37. The second-order valence-electron chi connectivity index (χ2n) is 6.21. The Morgan fingerprint density at radius 1 is 1.15 bits per heavy atom. The van der Waals surface area contributed by atoms with Crippen LogP contribution in [-0.2, 0) is 4.79 Å². The van der Waals surface area contributed by atoms with Crippen LogP contribution in [0.4, 0.5) is 0 Å². The first-order chi connectivity index (χ1) is 9.41. The SMILES string of the molecule is CC(C)CC(CN[C@@H](C(=O)O)C(C)C)c1ccccc1. The van der Waals surface area contributed by atoms with E-state index >= 15 is 0 Å². The zero-order valence-electron chi connectivity index (χ0n) is 13.0. The van der Waals surface area contributed by atoms with E-state index in [4.69, 9.17) is 0 Å². The molecule has 2 atom stereocenters. The van der Waals surface area contributed by atoms with Gasteiger partial charge in [-0.15, -0.1) is 0 Å². The summed E-state index contributed by atoms with van der Waals surface area (Å²) in [6.45, 7) is 8.98. The molecule has 0 saturated carbocycles. The maximum Gasteiger partial charge on any atom is 0.320 e. The predicted molar refractivity (Wildman–Crippen MR) is 82.9 cm³/mol. The molecule has 0 bridgehead atoms. The number of hydrogen-bond donors (Lipinski definition) is 2. The van der Waals surface area contributed by atoms with Gasteiger partial charge in [-0.2, -0.15) is 0 Å². The average molecular weight is 277 g/mol. The number of nitrogens with one attached hydrogen (secondary N) is 1. The van der Waals surface area contributed by atoms with Gasteiger partial charge in [0.2, 0.25) is 0 Å². The first kappa shape index (κ1) is 16.7. The number of hydrogen-bond acceptors (Lipinski definition) is 2. The molecule has 20 heavy (non-hydrogen) atoms. The lowest BCUT2D eigenvalue weighted by atomic mass is 9.89. The molecular formula is C17H27NO2. The molecule has 1 aromatic carbocycles. The standard InChI is InChI=1S/C17H27NO2/c1-12(2)10-15(14-8-6-5-7-9-14)11-18-16(13(3)4)17(19)20/h5-9,12-13,15-16,18H,10-11H2,1-4H3,(H,19,20)/t15?,16-/m1/s1. The minimum absolute atomic E-state index is 0.0861. The molecule has 112 valence electrons. The summed E-state index contributed by atoms with van der Waals surface area (Å²) in [7, 11) is 0. The number of aliphatic carboxylic acids is 1. The topological polar surface area (TPSA) is 49.3 Å². The van der Waals surface area contributed by atoms with Crippen molar-refractivity contribution in [2.24, 2.45) is 11.8 Å². The molecule has 1 aromatic rings. The highest BCUT2D eigenvalue weighted by Crippen LogP contribution is 2.23. The van der Waals surface area contributed by atoms with Crippen LogP contribution in [0.5, 0.6) is 0 Å². The van der Waals surface area contributed by atoms with Crippen molar-refractivity contribution in [1.29, 1.82) is 0 Å². The molecule has 0 amide bonds. The molecule has 1 unspecified atom stereocenters. The van der Waals surface area contributed by atoms with Crippen molar-refractivity contribution in [1.82, 2.24) is 5.32 Å². The van der Waals surface area contributed by atoms with Crippen LogP contribution in [0.3, 0.4) is 0 Å². The molecule has 0 aliphatic carbocycles. The maximum atomic E-state index is 11.2. The van der Waals surface area contributed by atoms with Crippen molar-refractivity contribution in [3.8, 4) is 0 Å². The molecule has 0 fully saturated rings. The van der Waals surface area contributed by atoms with Gasteiger partial charge in [-0.05, 0) is 29.7 Å². The molecule has 0 aliphatic rings. The largest absolute Gasteiger partial charge is 0.480 e. The third-order valence-corrected chi connectivity index (χ3v) is 3.54. The quantitative estimate of drug-likeness (QED) is 0.764. The normalized spacial score (nSPS) is 14.5. The third-order valence-electron chi connectivity index (χ3n) is 3.54. The zero-order chi connectivity index (χ0) is 15.1. The third kappa shape index (κ3) is 5.33. The van der Waals surface area contributed by atoms with E-state index in [2.05, 4.69) is 31.3 Å². The van der Waals surface area contributed by atoms with E-state index in [1.165, 1.54) is 5.56 Å². The van der Waals surface area contributed by atoms with Gasteiger partial charge < -0.3 is 10.4 Å². The first-order valence-electron chi connectivity index (χ1n) is 7.43. The highest BCUT2D eigenvalue weighted by Gasteiger charge is 2.23. The van der Waals surface area contributed by atoms with Crippen molar-refractivity contribution >= 4 is 5.97 Å². The molecular weight excluding hydrogens is 250 g/mol. The number of carboxylic acid groups (broad SMARTS) is 1. The number of carboxylic acids is 1. The second-order valence-corrected chi connectivity index (χ2v) is 6.21. The van der Waals surface area contributed by atoms with Crippen molar-refractivity contribution in [3.63, 3.8) is 0 Å². The highest BCUT2D eigenvalue weighted by molar-refractivity contribution is 5.73. The molecule has 0 radical (unpaired) electrons. The van der Waals surface area contributed by atoms with Gasteiger partial charge in [0.15, 0.2) is 0 Å². The summed E-state index contributed by atoms with van der Waals surface area (Å²) in [6, 6.07) is 9.87. The van der Waals surface area contributed by atoms with Crippen LogP contribution in [0.1, 0.15) is 45.6 Å². The van der Waals surface area contributed by atoms with Crippen LogP contribution in [0.25, 0.3) is 0 Å². The molecule has 0 saturated heterocycles. The van der Waals surface area contributed by atoms with Crippen LogP contribution >= 0.6 is 0 Å². The van der Waals surface area contributed by atoms with Crippen molar-refractivity contribution in [3.05, 3.63) is 35.9 Å². The van der Waals surface area contributed by atoms with E-state index in [0.717, 1.165) is 6.42 Å². The van der Waals surface area contributed by atoms with Gasteiger partial charge in [0, 0.05) is 6.54 Å². The van der Waals surface area contributed by atoms with Gasteiger partial charge in [0.25, 0.3) is 0 Å². The monoisotopic (exact) mass is 277 g/mol. The van der Waals surface area contributed by atoms with E-state index in [-0.39, 0.29) is 5.92 Å². The maximum absolute atomic E-state index is 11.2. The van der Waals surface area contributed by atoms with Crippen molar-refractivity contribution < 1.29 is 9.90 Å². The Kier molecular flexibility index (Phi) is 6.73. The Balaban J connectivity index is 2.73. The molecule has 0 aliphatic heterocycles. The fourth-order valence-corrected chi connectivity index (χ4v) is 2.51. The molecule has 0 heterocycles. The summed E-state index contributed by atoms with van der Waals surface area (Å²) in [6.07, 6.45) is 1.06. The van der Waals surface area contributed by atoms with Gasteiger partial charge in [-0.3, -0.25) is 4.79 Å². The van der Waals surface area contributed by atoms with Gasteiger partial charge >= 0.3 is 5.97 Å². The minimum Gasteiger partial charge on any atom is -0.480 e. The molecule has 2 N–H and O–H groups in total. The molecule has 0 aromatic heterocycles. The van der Waals surface area contributed by atoms with Crippen LogP contribution in [0.2, 0.25) is 0 Å². The van der Waals surface area contributed by atoms with E-state index in [9.17, 15) is 9.90 Å². The lowest BCUT2D eigenvalue weighted by molar-refractivity contribution is -0.140. The van der Waals surface area contributed by atoms with Gasteiger partial charge in [-0.25, -0.2) is 0 Å². The van der Waals surface area contributed by atoms with E-state index in [1.807, 2.05) is 32.0 Å². The van der Waals surface area contributed by atoms with Gasteiger partial charge in [-0.1, -0.05) is 58.0 Å². The minimum atomic E-state index is -0.767. The Bertz CT molecular complexity index is 401. The van der Waals surface area contributed by atoms with Crippen molar-refractivity contribution in [2.45, 2.75) is 46.1 Å². The lowest BCUT2D eigenvalue weighted by Crippen LogP contribution is -2.42. The van der Waals surface area contributed by atoms with Crippen molar-refractivity contribution in [2.75, 3.05) is 6.54 Å². The smallest absolute Gasteiger partial charge is 0.320 e. The molecule has 0 spiro atoms. The summed E-state index contributed by atoms with van der Waals surface area (Å²) in [5.74, 6) is 0.264. The summed E-state index contributed by atoms with van der Waals surface area (Å²) in [5, 5.41) is 12.5. The Morgan fingerprint density at radius 2 is 1.75 bits per heavy atom. The summed E-state index contributed by atoms with van der Waals surface area (Å²) in [5.41, 5.74) is 1.28. The predicted octanol–water partition coefficient (Wildman–Crippen LogP) is 3.52. The fourth-order valence-electron chi connectivity index (χ4n) is 2.51. The zero-order valence-corrected chi connectivity index (χ0v) is 13.0. The Hall–Kier alpha value is -1.35. The highest BCUT2D eigenvalue weighted by atomic mass is 16.4. The van der Waals surface area contributed by atoms with Gasteiger partial charge in [0.05, 0.1) is 0 Å². The van der Waals surface area contributed by atoms with E-state index in [1.54, 1.807) is 0 Å². The fraction of sp³-hybridized carbons (Fsp3) is 0.588. The van der Waals surface area contributed by atoms with Crippen LogP contribution in [0, 0.1) is 11.8 Å². The summed E-state index contributed by atoms with van der Waals surface area (Å²) >= 11 is 0. The Morgan fingerprint density at radius 3 is 2.20 bits per heavy atom. The van der Waals surface area contributed by atoms with Crippen LogP contribution < -0.4 is 5.32 Å². The number of carbonyl (C=O) groups is 1.